The number of aliphatic hydroxyl groups is 1. The monoisotopic (exact) mass is 338 g/mol. The van der Waals surface area contributed by atoms with Gasteiger partial charge in [-0.05, 0) is 29.8 Å². The third-order valence-corrected chi connectivity index (χ3v) is 4.02. The Morgan fingerprint density at radius 1 is 1.22 bits per heavy atom. The van der Waals surface area contributed by atoms with E-state index in [1.165, 1.54) is 24.3 Å². The van der Waals surface area contributed by atoms with E-state index in [0.29, 0.717) is 18.9 Å². The molecule has 1 aromatic carbocycles. The zero-order valence-electron chi connectivity index (χ0n) is 12.5. The number of benzene rings is 1. The highest BCUT2D eigenvalue weighted by Crippen LogP contribution is 2.21. The van der Waals surface area contributed by atoms with Gasteiger partial charge in [-0.1, -0.05) is 18.2 Å². The minimum Gasteiger partial charge on any atom is -0.492 e. The lowest BCUT2D eigenvalue weighted by molar-refractivity contribution is 0.238. The number of aliphatic hydroxyl groups excluding tert-OH is 1. The first-order valence-corrected chi connectivity index (χ1v) is 8.37. The van der Waals surface area contributed by atoms with E-state index >= 15 is 0 Å². The summed E-state index contributed by atoms with van der Waals surface area (Å²) in [4.78, 5) is 6.16. The summed E-state index contributed by atoms with van der Waals surface area (Å²) >= 11 is 0. The molecular formula is C15H18N2O5S. The van der Waals surface area contributed by atoms with E-state index in [0.717, 1.165) is 5.82 Å². The van der Waals surface area contributed by atoms with Gasteiger partial charge < -0.3 is 14.7 Å². The van der Waals surface area contributed by atoms with Crippen LogP contribution in [-0.4, -0.2) is 43.3 Å². The Labute approximate surface area is 134 Å². The van der Waals surface area contributed by atoms with Gasteiger partial charge in [0.1, 0.15) is 18.2 Å². The van der Waals surface area contributed by atoms with Gasteiger partial charge in [-0.25, -0.2) is 4.98 Å². The van der Waals surface area contributed by atoms with Crippen molar-refractivity contribution in [3.8, 4) is 5.75 Å². The lowest BCUT2D eigenvalue weighted by Crippen LogP contribution is -2.24. The summed E-state index contributed by atoms with van der Waals surface area (Å²) in [6, 6.07) is 11.5. The zero-order valence-corrected chi connectivity index (χ0v) is 13.3. The third kappa shape index (κ3) is 4.92. The van der Waals surface area contributed by atoms with Gasteiger partial charge in [0.15, 0.2) is 0 Å². The van der Waals surface area contributed by atoms with Crippen molar-refractivity contribution >= 4 is 15.9 Å². The van der Waals surface area contributed by atoms with E-state index in [9.17, 15) is 13.5 Å². The van der Waals surface area contributed by atoms with Crippen LogP contribution in [0, 0.1) is 0 Å². The molecule has 2 aromatic rings. The molecule has 8 heteroatoms. The average Bonchev–Trinajstić information content (AvgIpc) is 2.54. The van der Waals surface area contributed by atoms with Crippen molar-refractivity contribution in [3.63, 3.8) is 0 Å². The molecule has 0 bridgehead atoms. The van der Waals surface area contributed by atoms with Crippen LogP contribution >= 0.6 is 0 Å². The van der Waals surface area contributed by atoms with Crippen molar-refractivity contribution in [1.29, 1.82) is 0 Å². The highest BCUT2D eigenvalue weighted by atomic mass is 32.2. The second kappa shape index (κ2) is 7.40. The highest BCUT2D eigenvalue weighted by molar-refractivity contribution is 7.85. The molecule has 2 rings (SSSR count). The smallest absolute Gasteiger partial charge is 0.296 e. The molecule has 1 unspecified atom stereocenters. The first-order valence-electron chi connectivity index (χ1n) is 6.87. The van der Waals surface area contributed by atoms with E-state index in [1.54, 1.807) is 6.20 Å². The number of aromatic nitrogens is 1. The fourth-order valence-electron chi connectivity index (χ4n) is 1.90. The molecule has 0 amide bonds. The quantitative estimate of drug-likeness (QED) is 0.737. The lowest BCUT2D eigenvalue weighted by atomic mass is 10.2. The predicted octanol–water partition coefficient (Wildman–Crippen LogP) is 1.48. The maximum Gasteiger partial charge on any atom is 0.296 e. The largest absolute Gasteiger partial charge is 0.492 e. The molecular weight excluding hydrogens is 320 g/mol. The van der Waals surface area contributed by atoms with E-state index in [-0.39, 0.29) is 5.56 Å². The van der Waals surface area contributed by atoms with Gasteiger partial charge in [0.05, 0.1) is 6.54 Å². The first-order chi connectivity index (χ1) is 10.9. The summed E-state index contributed by atoms with van der Waals surface area (Å²) in [5.41, 5.74) is -1.88. The molecule has 124 valence electrons. The van der Waals surface area contributed by atoms with Gasteiger partial charge in [-0.2, -0.15) is 8.42 Å². The lowest BCUT2D eigenvalue weighted by Gasteiger charge is -2.18. The molecule has 0 aliphatic heterocycles. The Hall–Kier alpha value is -2.16. The number of nitrogens with zero attached hydrogens (tertiary/aromatic N) is 2. The summed E-state index contributed by atoms with van der Waals surface area (Å²) in [6.07, 6.45) is 1.71. The molecule has 7 nitrogen and oxygen atoms in total. The van der Waals surface area contributed by atoms with Crippen molar-refractivity contribution in [2.24, 2.45) is 0 Å². The van der Waals surface area contributed by atoms with Gasteiger partial charge in [0, 0.05) is 13.2 Å². The fraction of sp³-hybridized carbons (Fsp3) is 0.267. The molecule has 1 aromatic heterocycles. The molecule has 0 saturated heterocycles. The van der Waals surface area contributed by atoms with Crippen molar-refractivity contribution in [3.05, 3.63) is 54.2 Å². The molecule has 0 aliphatic rings. The summed E-state index contributed by atoms with van der Waals surface area (Å²) < 4.78 is 36.1. The van der Waals surface area contributed by atoms with Crippen molar-refractivity contribution in [2.45, 2.75) is 5.44 Å². The van der Waals surface area contributed by atoms with Gasteiger partial charge in [-0.15, -0.1) is 0 Å². The van der Waals surface area contributed by atoms with Crippen molar-refractivity contribution in [2.75, 3.05) is 25.1 Å². The van der Waals surface area contributed by atoms with Crippen molar-refractivity contribution < 1.29 is 22.8 Å². The minimum atomic E-state index is -4.53. The summed E-state index contributed by atoms with van der Waals surface area (Å²) in [7, 11) is -2.63. The normalized spacial score (nSPS) is 12.7. The van der Waals surface area contributed by atoms with Crippen molar-refractivity contribution in [1.82, 2.24) is 4.98 Å². The van der Waals surface area contributed by atoms with Crippen LogP contribution in [0.25, 0.3) is 0 Å². The summed E-state index contributed by atoms with van der Waals surface area (Å²) in [5, 5.41) is 9.43. The Morgan fingerprint density at radius 2 is 1.91 bits per heavy atom. The van der Waals surface area contributed by atoms with Gasteiger partial charge in [0.2, 0.25) is 5.44 Å². The number of rotatable bonds is 7. The molecule has 1 atom stereocenters. The Balaban J connectivity index is 1.87. The standard InChI is InChI=1S/C15H18N2O5S/c1-17(14-4-2-3-9-16-14)10-11-22-13-7-5-12(6-8-13)15(18)23(19,20)21/h2-9,15,18H,10-11H2,1H3,(H,19,20,21). The minimum absolute atomic E-state index is 0.0745. The van der Waals surface area contributed by atoms with Crippen LogP contribution in [0.3, 0.4) is 0 Å². The Morgan fingerprint density at radius 3 is 2.48 bits per heavy atom. The molecule has 0 aliphatic carbocycles. The molecule has 0 radical (unpaired) electrons. The second-order valence-corrected chi connectivity index (χ2v) is 6.37. The molecule has 0 saturated carbocycles. The number of hydrogen-bond acceptors (Lipinski definition) is 6. The number of hydrogen-bond donors (Lipinski definition) is 2. The maximum atomic E-state index is 10.9. The third-order valence-electron chi connectivity index (χ3n) is 3.18. The van der Waals surface area contributed by atoms with Crippen LogP contribution in [0.4, 0.5) is 5.82 Å². The predicted molar refractivity (Wildman–Crippen MR) is 86.0 cm³/mol. The van der Waals surface area contributed by atoms with Gasteiger partial charge in [-0.3, -0.25) is 4.55 Å². The molecule has 0 spiro atoms. The maximum absolute atomic E-state index is 10.9. The number of anilines is 1. The number of pyridine rings is 1. The molecule has 23 heavy (non-hydrogen) atoms. The van der Waals surface area contributed by atoms with E-state index in [1.807, 2.05) is 30.1 Å². The zero-order chi connectivity index (χ0) is 16.9. The topological polar surface area (TPSA) is 100.0 Å². The van der Waals surface area contributed by atoms with E-state index in [2.05, 4.69) is 4.98 Å². The number of ether oxygens (including phenoxy) is 1. The van der Waals surface area contributed by atoms with Crippen LogP contribution in [0.1, 0.15) is 11.0 Å². The highest BCUT2D eigenvalue weighted by Gasteiger charge is 2.21. The SMILES string of the molecule is CN(CCOc1ccc(C(O)S(=O)(=O)O)cc1)c1ccccn1. The fourth-order valence-corrected chi connectivity index (χ4v) is 2.40. The van der Waals surface area contributed by atoms with Gasteiger partial charge >= 0.3 is 0 Å². The van der Waals surface area contributed by atoms with Crippen LogP contribution in [-0.2, 0) is 10.1 Å². The molecule has 1 heterocycles. The van der Waals surface area contributed by atoms with Crippen LogP contribution in [0.5, 0.6) is 5.75 Å². The average molecular weight is 338 g/mol. The molecule has 0 fully saturated rings. The van der Waals surface area contributed by atoms with E-state index < -0.39 is 15.6 Å². The van der Waals surface area contributed by atoms with Crippen LogP contribution in [0.2, 0.25) is 0 Å². The molecule has 2 N–H and O–H groups in total. The van der Waals surface area contributed by atoms with Crippen LogP contribution in [0.15, 0.2) is 48.7 Å². The van der Waals surface area contributed by atoms with Crippen LogP contribution < -0.4 is 9.64 Å². The van der Waals surface area contributed by atoms with Gasteiger partial charge in [0.25, 0.3) is 10.1 Å². The first kappa shape index (κ1) is 17.2. The van der Waals surface area contributed by atoms with E-state index in [4.69, 9.17) is 9.29 Å². The summed E-state index contributed by atoms with van der Waals surface area (Å²) in [6.45, 7) is 1.03. The number of likely N-dealkylation sites (N-methyl/N-ethyl adjacent to an activating group) is 1. The Kier molecular flexibility index (Phi) is 5.54. The summed E-state index contributed by atoms with van der Waals surface area (Å²) in [5.74, 6) is 1.37. The second-order valence-electron chi connectivity index (χ2n) is 4.89. The Bertz CT molecular complexity index is 719.